The van der Waals surface area contributed by atoms with E-state index >= 15 is 0 Å². The molecule has 67 heavy (non-hydrogen) atoms. The Balaban J connectivity index is 0.847. The van der Waals surface area contributed by atoms with Crippen molar-refractivity contribution in [2.45, 2.75) is 234 Å². The molecule has 0 amide bonds. The number of methoxy groups -OCH3 is 3. The zero-order valence-corrected chi connectivity index (χ0v) is 40.6. The van der Waals surface area contributed by atoms with Gasteiger partial charge in [-0.1, -0.05) is 25.5 Å². The first kappa shape index (κ1) is 52.3. The molecule has 386 valence electrons. The third-order valence-electron chi connectivity index (χ3n) is 17.9. The standard InChI is InChI=1S/C48H80O19/c1-21(50)27-13-15-48(56)28-11-10-25-16-26(12-14-46(25,5)29(28)17-33(51)47(27,48)6)63-34-18-30(57-7)40(22(2)60-34)65-35-19-31(58-8)41(23(3)61-35)66-45-39(55)43(59-9)42(24(4)62-45)67-44-38(54)37(53)36(52)32(20-49)64-44/h10,21-24,26-45,49-56H,11-20H2,1-9H3/t21?,22-,23-,24-,26+,27-,28-,29+,30+,31+,32-,33-,34+,35+,36-,37+,38-,39-,40+,41+,42-,43+,44+,45+,46+,47+,48+/m1/s1. The molecule has 8 aliphatic rings. The molecule has 0 spiro atoms. The smallest absolute Gasteiger partial charge is 0.187 e. The molecule has 4 aliphatic carbocycles. The largest absolute Gasteiger partial charge is 0.394 e. The molecule has 3 saturated carbocycles. The number of ether oxygens (including phenoxy) is 11. The van der Waals surface area contributed by atoms with Crippen LogP contribution in [0.5, 0.6) is 0 Å². The molecular weight excluding hydrogens is 881 g/mol. The molecule has 19 heteroatoms. The van der Waals surface area contributed by atoms with Gasteiger partial charge in [-0.25, -0.2) is 0 Å². The van der Waals surface area contributed by atoms with Crippen LogP contribution < -0.4 is 0 Å². The molecule has 19 nitrogen and oxygen atoms in total. The normalized spacial score (nSPS) is 54.1. The van der Waals surface area contributed by atoms with Crippen molar-refractivity contribution < 1.29 is 93.0 Å². The highest BCUT2D eigenvalue weighted by Crippen LogP contribution is 2.68. The highest BCUT2D eigenvalue weighted by atomic mass is 16.8. The lowest BCUT2D eigenvalue weighted by atomic mass is 9.45. The van der Waals surface area contributed by atoms with E-state index < -0.39 is 134 Å². The Bertz CT molecular complexity index is 1690. The number of hydrogen-bond acceptors (Lipinski definition) is 19. The third kappa shape index (κ3) is 9.24. The van der Waals surface area contributed by atoms with Gasteiger partial charge in [-0.3, -0.25) is 0 Å². The Labute approximate surface area is 394 Å². The minimum absolute atomic E-state index is 0.0182. The molecular formula is C48H80O19. The zero-order chi connectivity index (χ0) is 48.5. The van der Waals surface area contributed by atoms with Crippen LogP contribution in [0.1, 0.15) is 99.3 Å². The highest BCUT2D eigenvalue weighted by Gasteiger charge is 2.70. The second kappa shape index (κ2) is 20.5. The van der Waals surface area contributed by atoms with Crippen molar-refractivity contribution >= 4 is 0 Å². The summed E-state index contributed by atoms with van der Waals surface area (Å²) in [6.07, 6.45) is -10.7. The maximum atomic E-state index is 12.4. The highest BCUT2D eigenvalue weighted by molar-refractivity contribution is 5.29. The summed E-state index contributed by atoms with van der Waals surface area (Å²) in [5.41, 5.74) is -0.639. The van der Waals surface area contributed by atoms with Crippen molar-refractivity contribution in [3.05, 3.63) is 11.6 Å². The van der Waals surface area contributed by atoms with Gasteiger partial charge < -0.3 is 93.0 Å². The molecule has 1 unspecified atom stereocenters. The Morgan fingerprint density at radius 2 is 1.27 bits per heavy atom. The zero-order valence-electron chi connectivity index (χ0n) is 40.6. The van der Waals surface area contributed by atoms with Crippen LogP contribution >= 0.6 is 0 Å². The van der Waals surface area contributed by atoms with Crippen molar-refractivity contribution in [1.29, 1.82) is 0 Å². The van der Waals surface area contributed by atoms with E-state index in [4.69, 9.17) is 52.1 Å². The van der Waals surface area contributed by atoms with Crippen LogP contribution in [-0.2, 0) is 52.1 Å². The Morgan fingerprint density at radius 1 is 0.672 bits per heavy atom. The van der Waals surface area contributed by atoms with Crippen LogP contribution in [0.25, 0.3) is 0 Å². The number of allylic oxidation sites excluding steroid dienone is 1. The van der Waals surface area contributed by atoms with Crippen LogP contribution in [0, 0.1) is 28.6 Å². The Kier molecular flexibility index (Phi) is 16.0. The number of aliphatic hydroxyl groups is 8. The van der Waals surface area contributed by atoms with Gasteiger partial charge in [0.2, 0.25) is 0 Å². The van der Waals surface area contributed by atoms with Crippen molar-refractivity contribution in [3.8, 4) is 0 Å². The average molecular weight is 961 g/mol. The monoisotopic (exact) mass is 961 g/mol. The van der Waals surface area contributed by atoms with Crippen LogP contribution in [0.2, 0.25) is 0 Å². The van der Waals surface area contributed by atoms with Gasteiger partial charge in [0.25, 0.3) is 0 Å². The lowest BCUT2D eigenvalue weighted by Gasteiger charge is -2.63. The van der Waals surface area contributed by atoms with Gasteiger partial charge in [0.05, 0.1) is 61.0 Å². The fourth-order valence-electron chi connectivity index (χ4n) is 14.0. The first-order valence-electron chi connectivity index (χ1n) is 24.7. The van der Waals surface area contributed by atoms with Gasteiger partial charge in [0, 0.05) is 39.6 Å². The summed E-state index contributed by atoms with van der Waals surface area (Å²) in [6, 6.07) is 0. The molecule has 0 bridgehead atoms. The lowest BCUT2D eigenvalue weighted by molar-refractivity contribution is -0.373. The number of fused-ring (bicyclic) bond motifs is 5. The molecule has 0 aromatic carbocycles. The molecule has 27 atom stereocenters. The maximum absolute atomic E-state index is 12.4. The van der Waals surface area contributed by atoms with Crippen molar-refractivity contribution in [2.24, 2.45) is 28.6 Å². The summed E-state index contributed by atoms with van der Waals surface area (Å²) in [7, 11) is 4.58. The molecule has 4 saturated heterocycles. The Morgan fingerprint density at radius 3 is 1.88 bits per heavy atom. The molecule has 4 aliphatic heterocycles. The number of aliphatic hydroxyl groups excluding tert-OH is 7. The second-order valence-electron chi connectivity index (χ2n) is 21.4. The molecule has 7 fully saturated rings. The first-order chi connectivity index (χ1) is 31.7. The minimum Gasteiger partial charge on any atom is -0.394 e. The molecule has 4 heterocycles. The molecule has 8 N–H and O–H groups in total. The van der Waals surface area contributed by atoms with E-state index in [0.717, 1.165) is 25.7 Å². The fourth-order valence-corrected chi connectivity index (χ4v) is 14.0. The molecule has 8 rings (SSSR count). The van der Waals surface area contributed by atoms with Crippen molar-refractivity contribution in [2.75, 3.05) is 27.9 Å². The summed E-state index contributed by atoms with van der Waals surface area (Å²) in [6.45, 7) is 10.9. The predicted octanol–water partition coefficient (Wildman–Crippen LogP) is 0.793. The quantitative estimate of drug-likeness (QED) is 0.119. The van der Waals surface area contributed by atoms with E-state index in [1.54, 1.807) is 28.1 Å². The molecule has 0 aromatic heterocycles. The van der Waals surface area contributed by atoms with E-state index in [1.165, 1.54) is 12.7 Å². The lowest BCUT2D eigenvalue weighted by Crippen LogP contribution is -2.66. The van der Waals surface area contributed by atoms with Crippen LogP contribution in [0.15, 0.2) is 11.6 Å². The topological polar surface area (TPSA) is 263 Å². The maximum Gasteiger partial charge on any atom is 0.187 e. The van der Waals surface area contributed by atoms with E-state index in [0.29, 0.717) is 25.7 Å². The SMILES string of the molecule is CO[C@H]1[C@@H](O)[C@H](O[C@@H]2[C@@H](OC)C[C@H](O[C@@H]3[C@@H](OC)C[C@H](O[C@H]4CC[C@@]5(C)C(=CC[C@@H]6[C@@H]5C[C@@H](O)[C@]5(C)[C@@H](C(C)O)CC[C@]65O)C4)O[C@@H]3C)O[C@@H]2C)O[C@H](C)[C@H]1O[C@@H]1O[C@H](CO)[C@@H](O)[C@H](O)[C@H]1O. The second-order valence-corrected chi connectivity index (χ2v) is 21.4. The van der Waals surface area contributed by atoms with Gasteiger partial charge in [-0.15, -0.1) is 0 Å². The van der Waals surface area contributed by atoms with E-state index in [9.17, 15) is 40.9 Å². The fraction of sp³-hybridized carbons (Fsp3) is 0.958. The summed E-state index contributed by atoms with van der Waals surface area (Å²) in [5.74, 6) is 0.00111. The van der Waals surface area contributed by atoms with Gasteiger partial charge in [0.1, 0.15) is 54.9 Å². The Hall–Kier alpha value is -1.02. The van der Waals surface area contributed by atoms with Crippen molar-refractivity contribution in [1.82, 2.24) is 0 Å². The number of hydrogen-bond donors (Lipinski definition) is 8. The third-order valence-corrected chi connectivity index (χ3v) is 17.9. The average Bonchev–Trinajstić information content (AvgIpc) is 3.59. The first-order valence-corrected chi connectivity index (χ1v) is 24.7. The van der Waals surface area contributed by atoms with Crippen molar-refractivity contribution in [3.63, 3.8) is 0 Å². The van der Waals surface area contributed by atoms with Gasteiger partial charge >= 0.3 is 0 Å². The van der Waals surface area contributed by atoms with E-state index in [2.05, 4.69) is 13.0 Å². The predicted molar refractivity (Wildman–Crippen MR) is 234 cm³/mol. The van der Waals surface area contributed by atoms with Crippen LogP contribution in [-0.4, -0.2) is 203 Å². The van der Waals surface area contributed by atoms with Crippen LogP contribution in [0.4, 0.5) is 0 Å². The minimum atomic E-state index is -1.66. The van der Waals surface area contributed by atoms with Crippen LogP contribution in [0.3, 0.4) is 0 Å². The summed E-state index contributed by atoms with van der Waals surface area (Å²) in [5, 5.41) is 87.0. The van der Waals surface area contributed by atoms with Gasteiger partial charge in [-0.05, 0) is 95.8 Å². The summed E-state index contributed by atoms with van der Waals surface area (Å²) in [4.78, 5) is 0. The summed E-state index contributed by atoms with van der Waals surface area (Å²) >= 11 is 0. The van der Waals surface area contributed by atoms with Gasteiger partial charge in [-0.2, -0.15) is 0 Å². The van der Waals surface area contributed by atoms with E-state index in [1.807, 2.05) is 20.8 Å². The summed E-state index contributed by atoms with van der Waals surface area (Å²) < 4.78 is 67.8. The van der Waals surface area contributed by atoms with E-state index in [-0.39, 0.29) is 41.8 Å². The number of rotatable bonds is 13. The van der Waals surface area contributed by atoms with Gasteiger partial charge in [0.15, 0.2) is 25.2 Å². The molecule has 0 radical (unpaired) electrons. The molecule has 0 aromatic rings.